The summed E-state index contributed by atoms with van der Waals surface area (Å²) in [5, 5.41) is 0. The van der Waals surface area contributed by atoms with E-state index in [0.717, 1.165) is 17.0 Å². The minimum Gasteiger partial charge on any atom is -0.318 e. The molecule has 0 radical (unpaired) electrons. The van der Waals surface area contributed by atoms with Gasteiger partial charge in [-0.25, -0.2) is 0 Å². The Morgan fingerprint density at radius 3 is 2.87 bits per heavy atom. The molecule has 15 heavy (non-hydrogen) atoms. The lowest BCUT2D eigenvalue weighted by Crippen LogP contribution is -2.11. The molecule has 0 aliphatic heterocycles. The lowest BCUT2D eigenvalue weighted by atomic mass is 10.2. The number of aryl methyl sites for hydroxylation is 1. The summed E-state index contributed by atoms with van der Waals surface area (Å²) in [4.78, 5) is 10.7. The van der Waals surface area contributed by atoms with Crippen LogP contribution in [0.3, 0.4) is 0 Å². The molecular formula is C11H13N3S. The maximum Gasteiger partial charge on any atom is 0.0835 e. The van der Waals surface area contributed by atoms with Crippen LogP contribution >= 0.6 is 11.3 Å². The van der Waals surface area contributed by atoms with Crippen LogP contribution in [0.2, 0.25) is 0 Å². The number of nitrogens with zero attached hydrogens (tertiary/aromatic N) is 2. The van der Waals surface area contributed by atoms with Crippen LogP contribution < -0.4 is 5.73 Å². The molecule has 1 atom stereocenters. The van der Waals surface area contributed by atoms with Crippen LogP contribution in [0.5, 0.6) is 0 Å². The minimum atomic E-state index is -0.149. The van der Waals surface area contributed by atoms with E-state index in [2.05, 4.69) is 29.0 Å². The van der Waals surface area contributed by atoms with Gasteiger partial charge in [0.15, 0.2) is 0 Å². The predicted octanol–water partition coefficient (Wildman–Crippen LogP) is 2.15. The van der Waals surface area contributed by atoms with Gasteiger partial charge in [0.05, 0.1) is 17.9 Å². The van der Waals surface area contributed by atoms with Crippen molar-refractivity contribution in [3.8, 4) is 0 Å². The van der Waals surface area contributed by atoms with Gasteiger partial charge >= 0.3 is 0 Å². The first kappa shape index (κ1) is 10.3. The van der Waals surface area contributed by atoms with Crippen LogP contribution in [0.1, 0.15) is 28.4 Å². The normalized spacial score (nSPS) is 12.7. The van der Waals surface area contributed by atoms with Gasteiger partial charge < -0.3 is 5.73 Å². The van der Waals surface area contributed by atoms with Gasteiger partial charge in [-0.1, -0.05) is 6.92 Å². The SMILES string of the molecule is CCc1ccc(C(N)c2cnccn2)s1. The Morgan fingerprint density at radius 2 is 2.27 bits per heavy atom. The molecule has 2 heterocycles. The third-order valence-electron chi connectivity index (χ3n) is 2.24. The number of nitrogens with two attached hydrogens (primary N) is 1. The lowest BCUT2D eigenvalue weighted by molar-refractivity contribution is 0.834. The highest BCUT2D eigenvalue weighted by Gasteiger charge is 2.12. The lowest BCUT2D eigenvalue weighted by Gasteiger charge is -2.07. The molecule has 0 spiro atoms. The molecule has 0 aliphatic carbocycles. The van der Waals surface area contributed by atoms with Crippen LogP contribution in [0.25, 0.3) is 0 Å². The van der Waals surface area contributed by atoms with Crippen molar-refractivity contribution in [2.45, 2.75) is 19.4 Å². The molecule has 1 unspecified atom stereocenters. The zero-order valence-electron chi connectivity index (χ0n) is 8.55. The van der Waals surface area contributed by atoms with E-state index in [1.807, 2.05) is 0 Å². The van der Waals surface area contributed by atoms with E-state index in [9.17, 15) is 0 Å². The Hall–Kier alpha value is -1.26. The fourth-order valence-corrected chi connectivity index (χ4v) is 2.34. The van der Waals surface area contributed by atoms with E-state index in [4.69, 9.17) is 5.73 Å². The molecule has 4 heteroatoms. The molecule has 78 valence electrons. The second-order valence-corrected chi connectivity index (χ2v) is 4.47. The summed E-state index contributed by atoms with van der Waals surface area (Å²) in [5.41, 5.74) is 6.91. The fraction of sp³-hybridized carbons (Fsp3) is 0.273. The molecule has 2 aromatic rings. The number of hydrogen-bond donors (Lipinski definition) is 1. The molecular weight excluding hydrogens is 206 g/mol. The van der Waals surface area contributed by atoms with Crippen LogP contribution in [0.4, 0.5) is 0 Å². The second kappa shape index (κ2) is 4.51. The molecule has 0 fully saturated rings. The van der Waals surface area contributed by atoms with Crippen molar-refractivity contribution in [1.29, 1.82) is 0 Å². The Bertz CT molecular complexity index is 424. The number of thiophene rings is 1. The number of aromatic nitrogens is 2. The zero-order chi connectivity index (χ0) is 10.7. The van der Waals surface area contributed by atoms with Crippen molar-refractivity contribution < 1.29 is 0 Å². The molecule has 2 aromatic heterocycles. The Morgan fingerprint density at radius 1 is 1.40 bits per heavy atom. The van der Waals surface area contributed by atoms with Crippen LogP contribution in [-0.2, 0) is 6.42 Å². The van der Waals surface area contributed by atoms with Crippen molar-refractivity contribution in [1.82, 2.24) is 9.97 Å². The number of rotatable bonds is 3. The summed E-state index contributed by atoms with van der Waals surface area (Å²) in [5.74, 6) is 0. The van der Waals surface area contributed by atoms with Gasteiger partial charge in [0.2, 0.25) is 0 Å². The quantitative estimate of drug-likeness (QED) is 0.860. The molecule has 0 saturated carbocycles. The zero-order valence-corrected chi connectivity index (χ0v) is 9.37. The van der Waals surface area contributed by atoms with E-state index >= 15 is 0 Å². The largest absolute Gasteiger partial charge is 0.318 e. The molecule has 0 aromatic carbocycles. The fourth-order valence-electron chi connectivity index (χ4n) is 1.37. The second-order valence-electron chi connectivity index (χ2n) is 3.27. The van der Waals surface area contributed by atoms with Crippen molar-refractivity contribution in [2.75, 3.05) is 0 Å². The predicted molar refractivity (Wildman–Crippen MR) is 61.8 cm³/mol. The third-order valence-corrected chi connectivity index (χ3v) is 3.55. The summed E-state index contributed by atoms with van der Waals surface area (Å²) in [6, 6.07) is 4.04. The van der Waals surface area contributed by atoms with E-state index < -0.39 is 0 Å². The molecule has 0 amide bonds. The topological polar surface area (TPSA) is 51.8 Å². The summed E-state index contributed by atoms with van der Waals surface area (Å²) >= 11 is 1.74. The average Bonchev–Trinajstić information content (AvgIpc) is 2.78. The molecule has 0 bridgehead atoms. The monoisotopic (exact) mass is 219 g/mol. The van der Waals surface area contributed by atoms with Gasteiger partial charge in [-0.2, -0.15) is 0 Å². The van der Waals surface area contributed by atoms with Crippen molar-refractivity contribution >= 4 is 11.3 Å². The highest BCUT2D eigenvalue weighted by molar-refractivity contribution is 7.12. The highest BCUT2D eigenvalue weighted by Crippen LogP contribution is 2.25. The van der Waals surface area contributed by atoms with Gasteiger partial charge in [0.1, 0.15) is 0 Å². The van der Waals surface area contributed by atoms with E-state index in [-0.39, 0.29) is 6.04 Å². The van der Waals surface area contributed by atoms with E-state index in [0.29, 0.717) is 0 Å². The van der Waals surface area contributed by atoms with E-state index in [1.54, 1.807) is 29.9 Å². The summed E-state index contributed by atoms with van der Waals surface area (Å²) in [6.07, 6.45) is 6.10. The smallest absolute Gasteiger partial charge is 0.0835 e. The maximum atomic E-state index is 6.09. The number of hydrogen-bond acceptors (Lipinski definition) is 4. The van der Waals surface area contributed by atoms with Crippen molar-refractivity contribution in [2.24, 2.45) is 5.73 Å². The molecule has 3 nitrogen and oxygen atoms in total. The Kier molecular flexibility index (Phi) is 3.08. The minimum absolute atomic E-state index is 0.149. The first-order chi connectivity index (χ1) is 7.31. The first-order valence-electron chi connectivity index (χ1n) is 4.91. The van der Waals surface area contributed by atoms with Gasteiger partial charge in [-0.15, -0.1) is 11.3 Å². The highest BCUT2D eigenvalue weighted by atomic mass is 32.1. The van der Waals surface area contributed by atoms with Crippen LogP contribution in [-0.4, -0.2) is 9.97 Å². The standard InChI is InChI=1S/C11H13N3S/c1-2-8-3-4-10(15-8)11(12)9-7-13-5-6-14-9/h3-7,11H,2,12H2,1H3. The van der Waals surface area contributed by atoms with Crippen molar-refractivity contribution in [3.05, 3.63) is 46.2 Å². The van der Waals surface area contributed by atoms with Gasteiger partial charge in [0.25, 0.3) is 0 Å². The average molecular weight is 219 g/mol. The molecule has 2 rings (SSSR count). The van der Waals surface area contributed by atoms with E-state index in [1.165, 1.54) is 4.88 Å². The molecule has 0 saturated heterocycles. The summed E-state index contributed by atoms with van der Waals surface area (Å²) in [6.45, 7) is 2.14. The van der Waals surface area contributed by atoms with Gasteiger partial charge in [-0.3, -0.25) is 9.97 Å². The summed E-state index contributed by atoms with van der Waals surface area (Å²) < 4.78 is 0. The molecule has 2 N–H and O–H groups in total. The first-order valence-corrected chi connectivity index (χ1v) is 5.73. The van der Waals surface area contributed by atoms with Crippen molar-refractivity contribution in [3.63, 3.8) is 0 Å². The van der Waals surface area contributed by atoms with Crippen LogP contribution in [0.15, 0.2) is 30.7 Å². The Balaban J connectivity index is 2.24. The molecule has 0 aliphatic rings. The maximum absolute atomic E-state index is 6.09. The Labute approximate surface area is 93.0 Å². The third kappa shape index (κ3) is 2.22. The van der Waals surface area contributed by atoms with Crippen LogP contribution in [0, 0.1) is 0 Å². The van der Waals surface area contributed by atoms with Gasteiger partial charge in [-0.05, 0) is 18.6 Å². The van der Waals surface area contributed by atoms with Gasteiger partial charge in [0, 0.05) is 22.1 Å². The summed E-state index contributed by atoms with van der Waals surface area (Å²) in [7, 11) is 0.